The Hall–Kier alpha value is -2.02. The number of hydrogen-bond donors (Lipinski definition) is 1. The quantitative estimate of drug-likeness (QED) is 0.828. The van der Waals surface area contributed by atoms with Crippen molar-refractivity contribution in [1.29, 1.82) is 0 Å². The molecule has 2 heterocycles. The molecule has 7 nitrogen and oxygen atoms in total. The summed E-state index contributed by atoms with van der Waals surface area (Å²) in [4.78, 5) is 33.5. The van der Waals surface area contributed by atoms with Crippen LogP contribution in [-0.4, -0.2) is 58.5 Å². The Labute approximate surface area is 136 Å². The highest BCUT2D eigenvalue weighted by molar-refractivity contribution is 5.95. The predicted molar refractivity (Wildman–Crippen MR) is 85.1 cm³/mol. The highest BCUT2D eigenvalue weighted by Gasteiger charge is 2.29. The van der Waals surface area contributed by atoms with Gasteiger partial charge in [0, 0.05) is 32.0 Å². The summed E-state index contributed by atoms with van der Waals surface area (Å²) in [6.45, 7) is 7.84. The molecule has 0 saturated carbocycles. The van der Waals surface area contributed by atoms with Crippen LogP contribution in [0.1, 0.15) is 37.7 Å². The fourth-order valence-corrected chi connectivity index (χ4v) is 2.42. The van der Waals surface area contributed by atoms with Crippen LogP contribution < -0.4 is 5.32 Å². The van der Waals surface area contributed by atoms with Gasteiger partial charge in [-0.25, -0.2) is 9.78 Å². The van der Waals surface area contributed by atoms with E-state index in [9.17, 15) is 9.59 Å². The number of nitrogens with one attached hydrogen (secondary N) is 1. The maximum atomic E-state index is 12.0. The molecule has 1 atom stereocenters. The zero-order valence-electron chi connectivity index (χ0n) is 13.9. The van der Waals surface area contributed by atoms with Gasteiger partial charge in [0.25, 0.3) is 0 Å². The number of hydrogen-bond acceptors (Lipinski definition) is 6. The van der Waals surface area contributed by atoms with Gasteiger partial charge in [-0.05, 0) is 33.1 Å². The van der Waals surface area contributed by atoms with E-state index in [1.807, 2.05) is 20.8 Å². The molecule has 1 aromatic heterocycles. The molecule has 0 radical (unpaired) electrons. The molecule has 1 saturated heterocycles. The van der Waals surface area contributed by atoms with Crippen molar-refractivity contribution >= 4 is 11.9 Å². The Morgan fingerprint density at radius 2 is 2.17 bits per heavy atom. The van der Waals surface area contributed by atoms with Gasteiger partial charge in [-0.1, -0.05) is 0 Å². The standard InChI is InChI=1S/C16H24N4O3/c1-16(2,3)23-15(22)20-7-4-12(11-20)8-18-10-14(21)13-9-17-5-6-19-13/h5-6,9,12,18H,4,7-8,10-11H2,1-3H3/t12-/m1/s1. The van der Waals surface area contributed by atoms with E-state index in [2.05, 4.69) is 15.3 Å². The SMILES string of the molecule is CC(C)(C)OC(=O)N1CC[C@H](CNCC(=O)c2cnccn2)C1. The van der Waals surface area contributed by atoms with E-state index in [-0.39, 0.29) is 18.4 Å². The van der Waals surface area contributed by atoms with Crippen LogP contribution in [0.4, 0.5) is 4.79 Å². The number of carbonyl (C=O) groups is 2. The highest BCUT2D eigenvalue weighted by Crippen LogP contribution is 2.18. The third kappa shape index (κ3) is 5.59. The molecule has 1 aromatic rings. The van der Waals surface area contributed by atoms with Crippen molar-refractivity contribution in [1.82, 2.24) is 20.2 Å². The molecule has 1 aliphatic heterocycles. The number of carbonyl (C=O) groups excluding carboxylic acids is 2. The summed E-state index contributed by atoms with van der Waals surface area (Å²) in [5.74, 6) is 0.247. The first kappa shape index (κ1) is 17.3. The number of rotatable bonds is 5. The Balaban J connectivity index is 1.70. The molecular weight excluding hydrogens is 296 g/mol. The minimum atomic E-state index is -0.476. The van der Waals surface area contributed by atoms with Crippen LogP contribution in [0, 0.1) is 5.92 Å². The molecule has 7 heteroatoms. The van der Waals surface area contributed by atoms with Crippen LogP contribution >= 0.6 is 0 Å². The number of ketones is 1. The number of ether oxygens (including phenoxy) is 1. The van der Waals surface area contributed by atoms with E-state index in [0.29, 0.717) is 31.2 Å². The lowest BCUT2D eigenvalue weighted by molar-refractivity contribution is 0.0288. The van der Waals surface area contributed by atoms with Crippen LogP contribution in [0.15, 0.2) is 18.6 Å². The van der Waals surface area contributed by atoms with Crippen LogP contribution in [0.2, 0.25) is 0 Å². The maximum Gasteiger partial charge on any atom is 0.410 e. The van der Waals surface area contributed by atoms with Crippen molar-refractivity contribution in [2.45, 2.75) is 32.8 Å². The minimum absolute atomic E-state index is 0.0832. The van der Waals surface area contributed by atoms with Gasteiger partial charge in [-0.3, -0.25) is 9.78 Å². The lowest BCUT2D eigenvalue weighted by atomic mass is 10.1. The van der Waals surface area contributed by atoms with E-state index in [1.54, 1.807) is 4.90 Å². The summed E-state index contributed by atoms with van der Waals surface area (Å²) < 4.78 is 5.37. The van der Waals surface area contributed by atoms with E-state index < -0.39 is 5.60 Å². The molecule has 0 bridgehead atoms. The first-order chi connectivity index (χ1) is 10.8. The van der Waals surface area contributed by atoms with Crippen molar-refractivity contribution < 1.29 is 14.3 Å². The van der Waals surface area contributed by atoms with E-state index in [1.165, 1.54) is 18.6 Å². The second-order valence-corrected chi connectivity index (χ2v) is 6.73. The molecule has 0 unspecified atom stereocenters. The molecule has 1 aliphatic rings. The molecule has 1 amide bonds. The topological polar surface area (TPSA) is 84.4 Å². The summed E-state index contributed by atoms with van der Waals surface area (Å²) in [5, 5.41) is 3.14. The van der Waals surface area contributed by atoms with Crippen LogP contribution in [-0.2, 0) is 4.74 Å². The summed E-state index contributed by atoms with van der Waals surface area (Å²) >= 11 is 0. The van der Waals surface area contributed by atoms with Gasteiger partial charge in [-0.15, -0.1) is 0 Å². The van der Waals surface area contributed by atoms with Crippen molar-refractivity contribution in [2.75, 3.05) is 26.2 Å². The predicted octanol–water partition coefficient (Wildman–Crippen LogP) is 1.51. The molecule has 0 spiro atoms. The lowest BCUT2D eigenvalue weighted by Gasteiger charge is -2.24. The largest absolute Gasteiger partial charge is 0.444 e. The monoisotopic (exact) mass is 320 g/mol. The number of amides is 1. The Kier molecular flexibility index (Phi) is 5.65. The molecule has 1 fully saturated rings. The Morgan fingerprint density at radius 1 is 1.39 bits per heavy atom. The molecule has 126 valence electrons. The number of likely N-dealkylation sites (tertiary alicyclic amines) is 1. The molecule has 0 aliphatic carbocycles. The minimum Gasteiger partial charge on any atom is -0.444 e. The van der Waals surface area contributed by atoms with E-state index in [0.717, 1.165) is 6.42 Å². The Bertz CT molecular complexity index is 542. The van der Waals surface area contributed by atoms with Crippen molar-refractivity contribution in [3.8, 4) is 0 Å². The Morgan fingerprint density at radius 3 is 2.83 bits per heavy atom. The second-order valence-electron chi connectivity index (χ2n) is 6.73. The van der Waals surface area contributed by atoms with Crippen molar-refractivity contribution in [3.63, 3.8) is 0 Å². The van der Waals surface area contributed by atoms with Crippen molar-refractivity contribution in [2.24, 2.45) is 5.92 Å². The zero-order valence-corrected chi connectivity index (χ0v) is 13.9. The lowest BCUT2D eigenvalue weighted by Crippen LogP contribution is -2.36. The summed E-state index contributed by atoms with van der Waals surface area (Å²) in [6, 6.07) is 0. The van der Waals surface area contributed by atoms with Crippen LogP contribution in [0.5, 0.6) is 0 Å². The average Bonchev–Trinajstić information content (AvgIpc) is 2.95. The summed E-state index contributed by atoms with van der Waals surface area (Å²) in [6.07, 6.45) is 5.14. The highest BCUT2D eigenvalue weighted by atomic mass is 16.6. The third-order valence-electron chi connectivity index (χ3n) is 3.50. The second kappa shape index (κ2) is 7.50. The molecule has 23 heavy (non-hydrogen) atoms. The molecule has 0 aromatic carbocycles. The number of Topliss-reactive ketones (excluding diaryl/α,β-unsaturated/α-hetero) is 1. The van der Waals surface area contributed by atoms with E-state index in [4.69, 9.17) is 4.74 Å². The number of nitrogens with zero attached hydrogens (tertiary/aromatic N) is 3. The van der Waals surface area contributed by atoms with E-state index >= 15 is 0 Å². The fraction of sp³-hybridized carbons (Fsp3) is 0.625. The number of aromatic nitrogens is 2. The van der Waals surface area contributed by atoms with Crippen LogP contribution in [0.3, 0.4) is 0 Å². The molecule has 2 rings (SSSR count). The van der Waals surface area contributed by atoms with Gasteiger partial charge in [0.1, 0.15) is 11.3 Å². The van der Waals surface area contributed by atoms with Crippen molar-refractivity contribution in [3.05, 3.63) is 24.3 Å². The van der Waals surface area contributed by atoms with Gasteiger partial charge in [0.15, 0.2) is 5.78 Å². The third-order valence-corrected chi connectivity index (χ3v) is 3.50. The van der Waals surface area contributed by atoms with Gasteiger partial charge >= 0.3 is 6.09 Å². The van der Waals surface area contributed by atoms with Gasteiger partial charge in [0.05, 0.1) is 12.7 Å². The van der Waals surface area contributed by atoms with Gasteiger partial charge in [0.2, 0.25) is 0 Å². The zero-order chi connectivity index (χ0) is 16.9. The summed E-state index contributed by atoms with van der Waals surface area (Å²) in [7, 11) is 0. The summed E-state index contributed by atoms with van der Waals surface area (Å²) in [5.41, 5.74) is -0.113. The molecule has 1 N–H and O–H groups in total. The van der Waals surface area contributed by atoms with Gasteiger partial charge in [-0.2, -0.15) is 0 Å². The van der Waals surface area contributed by atoms with Crippen LogP contribution in [0.25, 0.3) is 0 Å². The molecular formula is C16H24N4O3. The first-order valence-electron chi connectivity index (χ1n) is 7.83. The smallest absolute Gasteiger partial charge is 0.410 e. The van der Waals surface area contributed by atoms with Gasteiger partial charge < -0.3 is 15.0 Å². The normalized spacial score (nSPS) is 18.0. The maximum absolute atomic E-state index is 12.0. The average molecular weight is 320 g/mol. The first-order valence-corrected chi connectivity index (χ1v) is 7.83. The fourth-order valence-electron chi connectivity index (χ4n) is 2.42.